The number of rotatable bonds is 5. The van der Waals surface area contributed by atoms with E-state index in [0.717, 1.165) is 28.3 Å². The van der Waals surface area contributed by atoms with Gasteiger partial charge in [-0.25, -0.2) is 9.97 Å². The molecule has 0 bridgehead atoms. The van der Waals surface area contributed by atoms with Gasteiger partial charge in [-0.05, 0) is 11.4 Å². The maximum Gasteiger partial charge on any atom is 0.151 e. The first-order chi connectivity index (χ1) is 9.36. The number of aromatic nitrogens is 4. The van der Waals surface area contributed by atoms with Crippen LogP contribution in [0.25, 0.3) is 10.2 Å². The van der Waals surface area contributed by atoms with Crippen LogP contribution in [-0.2, 0) is 11.3 Å². The zero-order chi connectivity index (χ0) is 13.1. The van der Waals surface area contributed by atoms with E-state index in [2.05, 4.69) is 20.4 Å². The summed E-state index contributed by atoms with van der Waals surface area (Å²) >= 11 is 1.62. The lowest BCUT2D eigenvalue weighted by Gasteiger charge is -2.03. The standard InChI is InChI=1S/C12H13N5OS/c1-18-4-3-17-7-9(6-15-17)16-12-11-10(2-5-19-11)13-8-14-12/h2,5-8H,3-4H2,1H3,(H,13,14,16). The largest absolute Gasteiger partial charge is 0.383 e. The van der Waals surface area contributed by atoms with E-state index in [1.165, 1.54) is 0 Å². The minimum atomic E-state index is 0.643. The highest BCUT2D eigenvalue weighted by atomic mass is 32.1. The molecule has 0 aliphatic carbocycles. The Morgan fingerprint density at radius 1 is 1.42 bits per heavy atom. The first-order valence-electron chi connectivity index (χ1n) is 5.83. The van der Waals surface area contributed by atoms with Crippen LogP contribution < -0.4 is 5.32 Å². The molecule has 0 spiro atoms. The van der Waals surface area contributed by atoms with Crippen LogP contribution in [0.5, 0.6) is 0 Å². The predicted octanol–water partition coefficient (Wildman–Crippen LogP) is 2.28. The second kappa shape index (κ2) is 5.33. The molecule has 19 heavy (non-hydrogen) atoms. The van der Waals surface area contributed by atoms with Gasteiger partial charge < -0.3 is 10.1 Å². The van der Waals surface area contributed by atoms with Gasteiger partial charge >= 0.3 is 0 Å². The zero-order valence-electron chi connectivity index (χ0n) is 10.4. The molecule has 3 rings (SSSR count). The molecule has 0 radical (unpaired) electrons. The smallest absolute Gasteiger partial charge is 0.151 e. The average Bonchev–Trinajstić information content (AvgIpc) is 3.05. The number of methoxy groups -OCH3 is 1. The van der Waals surface area contributed by atoms with Crippen molar-refractivity contribution in [3.8, 4) is 0 Å². The minimum Gasteiger partial charge on any atom is -0.383 e. The third-order valence-electron chi connectivity index (χ3n) is 2.66. The monoisotopic (exact) mass is 275 g/mol. The van der Waals surface area contributed by atoms with E-state index in [1.54, 1.807) is 31.0 Å². The highest BCUT2D eigenvalue weighted by Gasteiger charge is 2.06. The first kappa shape index (κ1) is 12.1. The average molecular weight is 275 g/mol. The molecule has 3 aromatic heterocycles. The summed E-state index contributed by atoms with van der Waals surface area (Å²) in [5, 5.41) is 9.52. The lowest BCUT2D eigenvalue weighted by atomic mass is 10.4. The van der Waals surface area contributed by atoms with Crippen molar-refractivity contribution in [2.24, 2.45) is 0 Å². The van der Waals surface area contributed by atoms with E-state index in [0.29, 0.717) is 6.61 Å². The molecule has 0 aliphatic heterocycles. The fourth-order valence-electron chi connectivity index (χ4n) is 1.75. The Kier molecular flexibility index (Phi) is 3.39. The third kappa shape index (κ3) is 2.56. The number of nitrogens with zero attached hydrogens (tertiary/aromatic N) is 4. The van der Waals surface area contributed by atoms with Crippen LogP contribution in [0.2, 0.25) is 0 Å². The highest BCUT2D eigenvalue weighted by Crippen LogP contribution is 2.27. The Labute approximate surface area is 114 Å². The number of anilines is 2. The lowest BCUT2D eigenvalue weighted by molar-refractivity contribution is 0.183. The highest BCUT2D eigenvalue weighted by molar-refractivity contribution is 7.17. The normalized spacial score (nSPS) is 11.0. The van der Waals surface area contributed by atoms with Gasteiger partial charge in [0, 0.05) is 13.3 Å². The molecule has 0 aromatic carbocycles. The van der Waals surface area contributed by atoms with Gasteiger partial charge in [0.2, 0.25) is 0 Å². The topological polar surface area (TPSA) is 64.9 Å². The first-order valence-corrected chi connectivity index (χ1v) is 6.71. The van der Waals surface area contributed by atoms with Crippen molar-refractivity contribution in [3.05, 3.63) is 30.2 Å². The minimum absolute atomic E-state index is 0.643. The van der Waals surface area contributed by atoms with Crippen molar-refractivity contribution in [3.63, 3.8) is 0 Å². The van der Waals surface area contributed by atoms with Gasteiger partial charge in [0.1, 0.15) is 6.33 Å². The van der Waals surface area contributed by atoms with Crippen LogP contribution in [0.1, 0.15) is 0 Å². The maximum atomic E-state index is 5.02. The van der Waals surface area contributed by atoms with Gasteiger partial charge in [-0.15, -0.1) is 11.3 Å². The molecule has 0 fully saturated rings. The van der Waals surface area contributed by atoms with E-state index in [1.807, 2.05) is 22.3 Å². The van der Waals surface area contributed by atoms with Crippen LogP contribution in [0.4, 0.5) is 11.5 Å². The molecule has 3 aromatic rings. The van der Waals surface area contributed by atoms with Crippen molar-refractivity contribution in [2.75, 3.05) is 19.0 Å². The Bertz CT molecular complexity index is 677. The molecule has 7 heteroatoms. The van der Waals surface area contributed by atoms with Crippen molar-refractivity contribution in [2.45, 2.75) is 6.54 Å². The number of ether oxygens (including phenoxy) is 1. The summed E-state index contributed by atoms with van der Waals surface area (Å²) in [7, 11) is 1.68. The molecule has 3 heterocycles. The molecule has 0 amide bonds. The number of hydrogen-bond donors (Lipinski definition) is 1. The fourth-order valence-corrected chi connectivity index (χ4v) is 2.54. The van der Waals surface area contributed by atoms with Gasteiger partial charge in [0.15, 0.2) is 5.82 Å². The Hall–Kier alpha value is -1.99. The fraction of sp³-hybridized carbons (Fsp3) is 0.250. The summed E-state index contributed by atoms with van der Waals surface area (Å²) in [6, 6.07) is 1.98. The van der Waals surface area contributed by atoms with Gasteiger partial charge in [0.25, 0.3) is 0 Å². The molecular formula is C12H13N5OS. The summed E-state index contributed by atoms with van der Waals surface area (Å²) in [6.07, 6.45) is 5.27. The van der Waals surface area contributed by atoms with Gasteiger partial charge in [-0.2, -0.15) is 5.10 Å². The van der Waals surface area contributed by atoms with E-state index in [9.17, 15) is 0 Å². The Morgan fingerprint density at radius 2 is 2.37 bits per heavy atom. The zero-order valence-corrected chi connectivity index (χ0v) is 11.2. The van der Waals surface area contributed by atoms with Crippen LogP contribution in [0.15, 0.2) is 30.2 Å². The van der Waals surface area contributed by atoms with Crippen molar-refractivity contribution in [1.29, 1.82) is 0 Å². The second-order valence-corrected chi connectivity index (χ2v) is 4.88. The van der Waals surface area contributed by atoms with Gasteiger partial charge in [0.05, 0.1) is 35.3 Å². The van der Waals surface area contributed by atoms with Crippen LogP contribution in [0.3, 0.4) is 0 Å². The van der Waals surface area contributed by atoms with Crippen molar-refractivity contribution < 1.29 is 4.74 Å². The van der Waals surface area contributed by atoms with Crippen LogP contribution >= 0.6 is 11.3 Å². The predicted molar refractivity (Wildman–Crippen MR) is 74.8 cm³/mol. The number of thiophene rings is 1. The van der Waals surface area contributed by atoms with Crippen molar-refractivity contribution >= 4 is 33.1 Å². The van der Waals surface area contributed by atoms with Crippen molar-refractivity contribution in [1.82, 2.24) is 19.7 Å². The number of fused-ring (bicyclic) bond motifs is 1. The van der Waals surface area contributed by atoms with Gasteiger partial charge in [-0.3, -0.25) is 4.68 Å². The van der Waals surface area contributed by atoms with Gasteiger partial charge in [-0.1, -0.05) is 0 Å². The molecule has 0 saturated heterocycles. The molecule has 98 valence electrons. The number of hydrogen-bond acceptors (Lipinski definition) is 6. The molecule has 0 unspecified atom stereocenters. The Balaban J connectivity index is 1.81. The van der Waals surface area contributed by atoms with E-state index in [4.69, 9.17) is 4.74 Å². The quantitative estimate of drug-likeness (QED) is 0.774. The van der Waals surface area contributed by atoms with Crippen LogP contribution in [-0.4, -0.2) is 33.5 Å². The molecule has 0 aliphatic rings. The summed E-state index contributed by atoms with van der Waals surface area (Å²) < 4.78 is 7.90. The number of nitrogens with one attached hydrogen (secondary N) is 1. The summed E-state index contributed by atoms with van der Waals surface area (Å²) in [5.74, 6) is 0.811. The SMILES string of the molecule is COCCn1cc(Nc2ncnc3ccsc23)cn1. The molecule has 1 N–H and O–H groups in total. The molecule has 0 saturated carbocycles. The van der Waals surface area contributed by atoms with Crippen LogP contribution in [0, 0.1) is 0 Å². The third-order valence-corrected chi connectivity index (χ3v) is 3.57. The van der Waals surface area contributed by atoms with E-state index >= 15 is 0 Å². The molecule has 6 nitrogen and oxygen atoms in total. The van der Waals surface area contributed by atoms with E-state index in [-0.39, 0.29) is 0 Å². The second-order valence-electron chi connectivity index (χ2n) is 3.97. The van der Waals surface area contributed by atoms with E-state index < -0.39 is 0 Å². The summed E-state index contributed by atoms with van der Waals surface area (Å²) in [4.78, 5) is 8.48. The summed E-state index contributed by atoms with van der Waals surface area (Å²) in [5.41, 5.74) is 1.86. The molecule has 0 atom stereocenters. The molecular weight excluding hydrogens is 262 g/mol. The lowest BCUT2D eigenvalue weighted by Crippen LogP contribution is -2.03. The maximum absolute atomic E-state index is 5.02. The Morgan fingerprint density at radius 3 is 3.26 bits per heavy atom. The summed E-state index contributed by atoms with van der Waals surface area (Å²) in [6.45, 7) is 1.38.